The summed E-state index contributed by atoms with van der Waals surface area (Å²) in [7, 11) is 0. The van der Waals surface area contributed by atoms with Gasteiger partial charge in [-0.2, -0.15) is 0 Å². The molecule has 0 aromatic carbocycles. The average molecular weight is 727 g/mol. The van der Waals surface area contributed by atoms with Crippen LogP contribution in [-0.4, -0.2) is 12.2 Å². The predicted molar refractivity (Wildman–Crippen MR) is 237 cm³/mol. The molecule has 1 aliphatic heterocycles. The van der Waals surface area contributed by atoms with Gasteiger partial charge in [0, 0.05) is 0 Å². The monoisotopic (exact) mass is 727 g/mol. The Morgan fingerprint density at radius 1 is 0.250 bits per heavy atom. The van der Waals surface area contributed by atoms with E-state index in [0.29, 0.717) is 12.2 Å². The first-order valence-electron chi connectivity index (χ1n) is 24.9. The summed E-state index contributed by atoms with van der Waals surface area (Å²) in [6, 6.07) is 0. The highest BCUT2D eigenvalue weighted by Gasteiger charge is 2.33. The molecule has 1 fully saturated rings. The molecule has 0 spiro atoms. The molecule has 0 N–H and O–H groups in total. The fourth-order valence-electron chi connectivity index (χ4n) is 8.12. The van der Waals surface area contributed by atoms with E-state index in [1.165, 1.54) is 276 Å². The van der Waals surface area contributed by atoms with E-state index < -0.39 is 0 Å². The fourth-order valence-corrected chi connectivity index (χ4v) is 8.12. The maximum atomic E-state index is 5.84. The Morgan fingerprint density at radius 2 is 0.423 bits per heavy atom. The van der Waals surface area contributed by atoms with Crippen LogP contribution >= 0.6 is 0 Å². The zero-order valence-electron chi connectivity index (χ0n) is 36.3. The van der Waals surface area contributed by atoms with Crippen LogP contribution in [0.1, 0.15) is 290 Å². The van der Waals surface area contributed by atoms with Gasteiger partial charge in [0.25, 0.3) is 0 Å². The molecule has 1 rings (SSSR count). The lowest BCUT2D eigenvalue weighted by atomic mass is 10.0. The van der Waals surface area contributed by atoms with E-state index in [-0.39, 0.29) is 0 Å². The number of epoxide rings is 1. The summed E-state index contributed by atoms with van der Waals surface area (Å²) in [5.74, 6) is 0. The smallest absolute Gasteiger partial charge is 0.106 e. The van der Waals surface area contributed by atoms with Crippen molar-refractivity contribution in [3.8, 4) is 0 Å². The maximum Gasteiger partial charge on any atom is 0.106 e. The zero-order valence-corrected chi connectivity index (χ0v) is 36.3. The summed E-state index contributed by atoms with van der Waals surface area (Å²) in [6.45, 7) is 4.62. The minimum atomic E-state index is 0.362. The lowest BCUT2D eigenvalue weighted by Crippen LogP contribution is -1.85. The average Bonchev–Trinajstić information content (AvgIpc) is 3.91. The first kappa shape index (κ1) is 49.5. The number of allylic oxidation sites excluding steroid dienone is 2. The van der Waals surface area contributed by atoms with Crippen molar-refractivity contribution in [3.63, 3.8) is 0 Å². The molecule has 2 unspecified atom stereocenters. The minimum absolute atomic E-state index is 0.362. The lowest BCUT2D eigenvalue weighted by molar-refractivity contribution is 0.412. The topological polar surface area (TPSA) is 12.5 Å². The lowest BCUT2D eigenvalue weighted by Gasteiger charge is -2.04. The summed E-state index contributed by atoms with van der Waals surface area (Å²) in [4.78, 5) is 0. The Morgan fingerprint density at radius 3 is 0.615 bits per heavy atom. The molecule has 52 heavy (non-hydrogen) atoms. The number of unbranched alkanes of at least 4 members (excludes halogenated alkanes) is 41. The maximum absolute atomic E-state index is 5.84. The first-order valence-corrected chi connectivity index (χ1v) is 24.9. The Labute approximate surface area is 330 Å². The van der Waals surface area contributed by atoms with E-state index in [4.69, 9.17) is 4.74 Å². The van der Waals surface area contributed by atoms with Crippen molar-refractivity contribution in [2.75, 3.05) is 0 Å². The van der Waals surface area contributed by atoms with Crippen molar-refractivity contribution >= 4 is 0 Å². The molecule has 0 bridgehead atoms. The van der Waals surface area contributed by atoms with Gasteiger partial charge in [0.1, 0.15) is 12.2 Å². The van der Waals surface area contributed by atoms with Crippen LogP contribution in [0.3, 0.4) is 0 Å². The van der Waals surface area contributed by atoms with Gasteiger partial charge < -0.3 is 4.74 Å². The molecule has 0 saturated carbocycles. The van der Waals surface area contributed by atoms with E-state index in [1.54, 1.807) is 0 Å². The Kier molecular flexibility index (Phi) is 41.1. The summed E-state index contributed by atoms with van der Waals surface area (Å²) < 4.78 is 5.84. The van der Waals surface area contributed by atoms with Crippen molar-refractivity contribution in [1.82, 2.24) is 0 Å². The van der Waals surface area contributed by atoms with Gasteiger partial charge in [0.2, 0.25) is 0 Å². The van der Waals surface area contributed by atoms with Gasteiger partial charge in [-0.25, -0.2) is 0 Å². The van der Waals surface area contributed by atoms with Gasteiger partial charge in [-0.15, -0.1) is 0 Å². The predicted octanol–water partition coefficient (Wildman–Crippen LogP) is 18.7. The summed E-state index contributed by atoms with van der Waals surface area (Å²) in [5, 5.41) is 0. The summed E-state index contributed by atoms with van der Waals surface area (Å²) in [5.41, 5.74) is 0. The Bertz CT molecular complexity index is 708. The van der Waals surface area contributed by atoms with Crippen LogP contribution in [0.15, 0.2) is 24.3 Å². The quantitative estimate of drug-likeness (QED) is 0.0346. The molecule has 1 aliphatic rings. The number of rotatable bonds is 45. The molecule has 0 amide bonds. The van der Waals surface area contributed by atoms with E-state index in [0.717, 1.165) is 0 Å². The van der Waals surface area contributed by atoms with Crippen molar-refractivity contribution in [2.45, 2.75) is 302 Å². The van der Waals surface area contributed by atoms with E-state index in [1.807, 2.05) is 0 Å². The molecular formula is C51H98O. The van der Waals surface area contributed by atoms with Gasteiger partial charge in [0.05, 0.1) is 0 Å². The highest BCUT2D eigenvalue weighted by Crippen LogP contribution is 2.25. The third-order valence-electron chi connectivity index (χ3n) is 11.9. The Hall–Kier alpha value is -0.560. The largest absolute Gasteiger partial charge is 0.361 e. The standard InChI is InChI=1S/C51H98O/c1-3-5-7-9-11-13-15-17-19-21-23-25-27-29-31-33-35-37-39-41-43-45-47-49-51-50(52-51)48-46-44-42-40-38-36-34-32-30-28-26-24-22-20-18-16-14-12-10-8-6-4-2/h46-51H,3-45H2,1-2H3/b48-46+,49-47+. The van der Waals surface area contributed by atoms with Crippen LogP contribution in [0.2, 0.25) is 0 Å². The van der Waals surface area contributed by atoms with Crippen molar-refractivity contribution < 1.29 is 4.74 Å². The highest BCUT2D eigenvalue weighted by molar-refractivity contribution is 5.11. The molecule has 1 heteroatoms. The number of hydrogen-bond acceptors (Lipinski definition) is 1. The number of ether oxygens (including phenoxy) is 1. The first-order chi connectivity index (χ1) is 25.9. The molecule has 1 heterocycles. The number of hydrogen-bond donors (Lipinski definition) is 0. The molecule has 2 atom stereocenters. The second-order valence-corrected chi connectivity index (χ2v) is 17.3. The molecule has 0 aliphatic carbocycles. The normalized spacial score (nSPS) is 15.9. The van der Waals surface area contributed by atoms with Crippen molar-refractivity contribution in [1.29, 1.82) is 0 Å². The van der Waals surface area contributed by atoms with E-state index in [2.05, 4.69) is 38.2 Å². The molecule has 1 saturated heterocycles. The van der Waals surface area contributed by atoms with Gasteiger partial charge in [-0.05, 0) is 25.7 Å². The van der Waals surface area contributed by atoms with Gasteiger partial charge in [-0.1, -0.05) is 289 Å². The Balaban J connectivity index is 1.69. The fraction of sp³-hybridized carbons (Fsp3) is 0.922. The van der Waals surface area contributed by atoms with Gasteiger partial charge >= 0.3 is 0 Å². The van der Waals surface area contributed by atoms with Crippen molar-refractivity contribution in [2.24, 2.45) is 0 Å². The molecule has 308 valence electrons. The van der Waals surface area contributed by atoms with Crippen LogP contribution in [0, 0.1) is 0 Å². The molecular weight excluding hydrogens is 629 g/mol. The molecule has 0 radical (unpaired) electrons. The second kappa shape index (κ2) is 43.2. The minimum Gasteiger partial charge on any atom is -0.361 e. The third kappa shape index (κ3) is 39.1. The van der Waals surface area contributed by atoms with Gasteiger partial charge in [0.15, 0.2) is 0 Å². The van der Waals surface area contributed by atoms with Crippen LogP contribution < -0.4 is 0 Å². The molecule has 0 aromatic rings. The molecule has 1 nitrogen and oxygen atoms in total. The van der Waals surface area contributed by atoms with Gasteiger partial charge in [-0.3, -0.25) is 0 Å². The second-order valence-electron chi connectivity index (χ2n) is 17.3. The van der Waals surface area contributed by atoms with Crippen LogP contribution in [-0.2, 0) is 4.74 Å². The van der Waals surface area contributed by atoms with Crippen LogP contribution in [0.5, 0.6) is 0 Å². The summed E-state index contributed by atoms with van der Waals surface area (Å²) in [6.07, 6.45) is 72.2. The highest BCUT2D eigenvalue weighted by atomic mass is 16.6. The third-order valence-corrected chi connectivity index (χ3v) is 11.9. The van der Waals surface area contributed by atoms with Crippen LogP contribution in [0.25, 0.3) is 0 Å². The van der Waals surface area contributed by atoms with E-state index >= 15 is 0 Å². The summed E-state index contributed by atoms with van der Waals surface area (Å²) >= 11 is 0. The SMILES string of the molecule is CCCCCCCCCCCCCCCCCCCCCC/C=C/C1OC1/C=C/CCCCCCCCCCCCCCCCCCCCCCC. The zero-order chi connectivity index (χ0) is 37.1. The van der Waals surface area contributed by atoms with Crippen molar-refractivity contribution in [3.05, 3.63) is 24.3 Å². The van der Waals surface area contributed by atoms with E-state index in [9.17, 15) is 0 Å². The van der Waals surface area contributed by atoms with Crippen LogP contribution in [0.4, 0.5) is 0 Å². The molecule has 0 aromatic heterocycles.